The number of carbonyl (C=O) groups is 1. The number of rotatable bonds is 4. The normalized spacial score (nSPS) is 8.88. The number of nitrogens with two attached hydrogens (primary N) is 1. The molecule has 0 aliphatic rings. The van der Waals surface area contributed by atoms with E-state index in [4.69, 9.17) is 16.2 Å². The first-order chi connectivity index (χ1) is 8.00. The molecule has 0 saturated heterocycles. The number of nitrogen functional groups attached to an aromatic ring is 1. The van der Waals surface area contributed by atoms with Crippen molar-refractivity contribution in [1.29, 1.82) is 5.41 Å². The lowest BCUT2D eigenvalue weighted by Crippen LogP contribution is -2.14. The van der Waals surface area contributed by atoms with Crippen LogP contribution < -0.4 is 11.1 Å². The maximum atomic E-state index is 10.3. The molecule has 0 saturated carbocycles. The number of carboxylic acids is 1. The summed E-state index contributed by atoms with van der Waals surface area (Å²) in [6.45, 7) is 5.71. The van der Waals surface area contributed by atoms with Gasteiger partial charge in [0, 0.05) is 11.3 Å². The third-order valence-electron chi connectivity index (χ3n) is 1.97. The largest absolute Gasteiger partial charge is 0.480 e. The van der Waals surface area contributed by atoms with Crippen molar-refractivity contribution in [3.8, 4) is 0 Å². The fraction of sp³-hybridized carbons (Fsp3) is 0.333. The number of carboxylic acid groups (broad SMARTS) is 1. The van der Waals surface area contributed by atoms with Crippen molar-refractivity contribution in [2.45, 2.75) is 20.8 Å². The Labute approximate surface area is 101 Å². The van der Waals surface area contributed by atoms with Gasteiger partial charge in [-0.25, -0.2) is 0 Å². The predicted octanol–water partition coefficient (Wildman–Crippen LogP) is 1.80. The SMILES string of the molecule is CC.Cc1cc(C(=N)N)ccc1NCC(=O)O. The Kier molecular flexibility index (Phi) is 6.40. The van der Waals surface area contributed by atoms with E-state index in [1.54, 1.807) is 18.2 Å². The van der Waals surface area contributed by atoms with E-state index in [-0.39, 0.29) is 12.4 Å². The number of hydrogen-bond acceptors (Lipinski definition) is 3. The Hall–Kier alpha value is -2.04. The third kappa shape index (κ3) is 5.01. The van der Waals surface area contributed by atoms with Crippen LogP contribution in [0.2, 0.25) is 0 Å². The average Bonchev–Trinajstić information content (AvgIpc) is 2.29. The van der Waals surface area contributed by atoms with E-state index >= 15 is 0 Å². The van der Waals surface area contributed by atoms with E-state index in [1.807, 2.05) is 20.8 Å². The second kappa shape index (κ2) is 7.27. The molecule has 94 valence electrons. The van der Waals surface area contributed by atoms with Crippen molar-refractivity contribution in [2.75, 3.05) is 11.9 Å². The highest BCUT2D eigenvalue weighted by atomic mass is 16.4. The minimum atomic E-state index is -0.912. The van der Waals surface area contributed by atoms with Crippen LogP contribution in [0, 0.1) is 12.3 Å². The first-order valence-corrected chi connectivity index (χ1v) is 5.41. The molecule has 0 spiro atoms. The van der Waals surface area contributed by atoms with E-state index in [2.05, 4.69) is 5.32 Å². The van der Waals surface area contributed by atoms with Crippen LogP contribution in [-0.4, -0.2) is 23.5 Å². The van der Waals surface area contributed by atoms with Gasteiger partial charge in [0.2, 0.25) is 0 Å². The molecule has 1 rings (SSSR count). The fourth-order valence-electron chi connectivity index (χ4n) is 1.20. The van der Waals surface area contributed by atoms with Crippen LogP contribution in [0.15, 0.2) is 18.2 Å². The molecule has 0 amide bonds. The summed E-state index contributed by atoms with van der Waals surface area (Å²) in [6.07, 6.45) is 0. The molecule has 0 atom stereocenters. The molecule has 0 aliphatic carbocycles. The van der Waals surface area contributed by atoms with E-state index < -0.39 is 5.97 Å². The smallest absolute Gasteiger partial charge is 0.322 e. The van der Waals surface area contributed by atoms with Gasteiger partial charge in [0.25, 0.3) is 0 Å². The van der Waals surface area contributed by atoms with Gasteiger partial charge in [-0.15, -0.1) is 0 Å². The Morgan fingerprint density at radius 3 is 2.47 bits per heavy atom. The van der Waals surface area contributed by atoms with Gasteiger partial charge in [-0.05, 0) is 30.7 Å². The third-order valence-corrected chi connectivity index (χ3v) is 1.97. The van der Waals surface area contributed by atoms with Crippen molar-refractivity contribution in [2.24, 2.45) is 5.73 Å². The maximum absolute atomic E-state index is 10.3. The highest BCUT2D eigenvalue weighted by Gasteiger charge is 2.03. The van der Waals surface area contributed by atoms with Crippen molar-refractivity contribution >= 4 is 17.5 Å². The lowest BCUT2D eigenvalue weighted by molar-refractivity contribution is -0.134. The standard InChI is InChI=1S/C10H13N3O2.C2H6/c1-6-4-7(10(11)12)2-3-8(6)13-5-9(14)15;1-2/h2-4,13H,5H2,1H3,(H3,11,12)(H,14,15);1-2H3. The minimum Gasteiger partial charge on any atom is -0.480 e. The second-order valence-electron chi connectivity index (χ2n) is 3.19. The molecule has 0 aromatic heterocycles. The Balaban J connectivity index is 0.00000121. The quantitative estimate of drug-likeness (QED) is 0.474. The van der Waals surface area contributed by atoms with Gasteiger partial charge in [0.05, 0.1) is 0 Å². The monoisotopic (exact) mass is 237 g/mol. The van der Waals surface area contributed by atoms with Gasteiger partial charge < -0.3 is 16.2 Å². The molecule has 5 heteroatoms. The van der Waals surface area contributed by atoms with Crippen molar-refractivity contribution in [3.63, 3.8) is 0 Å². The summed E-state index contributed by atoms with van der Waals surface area (Å²) in [4.78, 5) is 10.3. The van der Waals surface area contributed by atoms with Crippen LogP contribution in [0.25, 0.3) is 0 Å². The number of amidine groups is 1. The number of aryl methyl sites for hydroxylation is 1. The molecule has 0 heterocycles. The summed E-state index contributed by atoms with van der Waals surface area (Å²) in [5.41, 5.74) is 7.56. The minimum absolute atomic E-state index is 0.00267. The molecular weight excluding hydrogens is 218 g/mol. The van der Waals surface area contributed by atoms with Gasteiger partial charge in [-0.1, -0.05) is 13.8 Å². The van der Waals surface area contributed by atoms with Crippen molar-refractivity contribution in [1.82, 2.24) is 0 Å². The number of anilines is 1. The number of benzene rings is 1. The van der Waals surface area contributed by atoms with Crippen LogP contribution in [0.5, 0.6) is 0 Å². The first kappa shape index (κ1) is 15.0. The van der Waals surface area contributed by atoms with E-state index in [9.17, 15) is 4.79 Å². The summed E-state index contributed by atoms with van der Waals surface area (Å²) < 4.78 is 0. The molecule has 5 nitrogen and oxygen atoms in total. The fourth-order valence-corrected chi connectivity index (χ4v) is 1.20. The predicted molar refractivity (Wildman–Crippen MR) is 69.7 cm³/mol. The summed E-state index contributed by atoms with van der Waals surface area (Å²) in [5.74, 6) is -0.909. The molecule has 5 N–H and O–H groups in total. The van der Waals surface area contributed by atoms with Gasteiger partial charge in [-0.3, -0.25) is 10.2 Å². The van der Waals surface area contributed by atoms with Crippen LogP contribution >= 0.6 is 0 Å². The van der Waals surface area contributed by atoms with Gasteiger partial charge in [0.15, 0.2) is 0 Å². The lowest BCUT2D eigenvalue weighted by Gasteiger charge is -2.08. The highest BCUT2D eigenvalue weighted by Crippen LogP contribution is 2.15. The van der Waals surface area contributed by atoms with Crippen LogP contribution in [0.1, 0.15) is 25.0 Å². The highest BCUT2D eigenvalue weighted by molar-refractivity contribution is 5.95. The topological polar surface area (TPSA) is 99.2 Å². The second-order valence-corrected chi connectivity index (χ2v) is 3.19. The molecule has 0 bridgehead atoms. The molecule has 1 aromatic carbocycles. The Morgan fingerprint density at radius 2 is 2.06 bits per heavy atom. The van der Waals surface area contributed by atoms with Crippen LogP contribution in [0.3, 0.4) is 0 Å². The zero-order valence-corrected chi connectivity index (χ0v) is 10.4. The van der Waals surface area contributed by atoms with E-state index in [0.29, 0.717) is 5.56 Å². The van der Waals surface area contributed by atoms with Gasteiger partial charge in [-0.2, -0.15) is 0 Å². The summed E-state index contributed by atoms with van der Waals surface area (Å²) in [5, 5.41) is 18.5. The summed E-state index contributed by atoms with van der Waals surface area (Å²) in [7, 11) is 0. The number of nitrogens with one attached hydrogen (secondary N) is 2. The van der Waals surface area contributed by atoms with Crippen molar-refractivity contribution < 1.29 is 9.90 Å². The van der Waals surface area contributed by atoms with Gasteiger partial charge >= 0.3 is 5.97 Å². The molecular formula is C12H19N3O2. The zero-order valence-electron chi connectivity index (χ0n) is 10.4. The number of hydrogen-bond donors (Lipinski definition) is 4. The Morgan fingerprint density at radius 1 is 1.47 bits per heavy atom. The van der Waals surface area contributed by atoms with Gasteiger partial charge in [0.1, 0.15) is 12.4 Å². The van der Waals surface area contributed by atoms with Crippen LogP contribution in [-0.2, 0) is 4.79 Å². The average molecular weight is 237 g/mol. The molecule has 0 fully saturated rings. The Bertz CT molecular complexity index is 403. The van der Waals surface area contributed by atoms with Crippen molar-refractivity contribution in [3.05, 3.63) is 29.3 Å². The molecule has 0 aliphatic heterocycles. The van der Waals surface area contributed by atoms with E-state index in [1.165, 1.54) is 0 Å². The maximum Gasteiger partial charge on any atom is 0.322 e. The molecule has 0 radical (unpaired) electrons. The first-order valence-electron chi connectivity index (χ1n) is 5.41. The van der Waals surface area contributed by atoms with Crippen LogP contribution in [0.4, 0.5) is 5.69 Å². The molecule has 0 unspecified atom stereocenters. The zero-order chi connectivity index (χ0) is 13.4. The summed E-state index contributed by atoms with van der Waals surface area (Å²) >= 11 is 0. The lowest BCUT2D eigenvalue weighted by atomic mass is 10.1. The van der Waals surface area contributed by atoms with E-state index in [0.717, 1.165) is 11.3 Å². The summed E-state index contributed by atoms with van der Waals surface area (Å²) in [6, 6.07) is 5.14. The number of aliphatic carboxylic acids is 1. The molecule has 17 heavy (non-hydrogen) atoms. The molecule has 1 aromatic rings.